The third-order valence-corrected chi connectivity index (χ3v) is 2.56. The zero-order valence-electron chi connectivity index (χ0n) is 5.94. The molecule has 62 valence electrons. The van der Waals surface area contributed by atoms with Crippen molar-refractivity contribution in [3.63, 3.8) is 0 Å². The van der Waals surface area contributed by atoms with Crippen molar-refractivity contribution in [2.45, 2.75) is 18.4 Å². The largest absolute Gasteiger partial charge is 0.365 e. The molecule has 0 aromatic heterocycles. The number of ether oxygens (including phenoxy) is 1. The Labute approximate surface area is 60.4 Å². The van der Waals surface area contributed by atoms with Crippen molar-refractivity contribution in [1.82, 2.24) is 0 Å². The van der Waals surface area contributed by atoms with Crippen LogP contribution < -0.4 is 10.9 Å². The Hall–Kier alpha value is -0.170. The average molecular weight is 168 g/mol. The smallest absolute Gasteiger partial charge is 0.215 e. The summed E-state index contributed by atoms with van der Waals surface area (Å²) in [6, 6.07) is 0. The molecule has 10 heavy (non-hydrogen) atoms. The molecule has 0 rings (SSSR count). The predicted octanol–water partition coefficient (Wildman–Crippen LogP) is -1.41. The fourth-order valence-corrected chi connectivity index (χ4v) is 0.864. The molecule has 0 heterocycles. The molecule has 0 aliphatic rings. The maximum atomic E-state index is 10.5. The van der Waals surface area contributed by atoms with Crippen LogP contribution in [0.3, 0.4) is 0 Å². The first-order chi connectivity index (χ1) is 4.39. The van der Waals surface area contributed by atoms with Crippen LogP contribution in [0, 0.1) is 0 Å². The van der Waals surface area contributed by atoms with Crippen molar-refractivity contribution in [3.8, 4) is 0 Å². The first-order valence-corrected chi connectivity index (χ1v) is 4.30. The molecular formula is C4H12N2O3S. The van der Waals surface area contributed by atoms with Gasteiger partial charge in [0, 0.05) is 7.11 Å². The molecule has 0 fully saturated rings. The lowest BCUT2D eigenvalue weighted by molar-refractivity contribution is 0.107. The molecule has 0 radical (unpaired) electrons. The Kier molecular flexibility index (Phi) is 3.23. The molecule has 0 saturated carbocycles. The van der Waals surface area contributed by atoms with E-state index in [4.69, 9.17) is 10.9 Å². The monoisotopic (exact) mass is 168 g/mol. The van der Waals surface area contributed by atoms with Crippen LogP contribution in [-0.4, -0.2) is 27.0 Å². The van der Waals surface area contributed by atoms with Gasteiger partial charge >= 0.3 is 0 Å². The van der Waals surface area contributed by atoms with Crippen LogP contribution in [0.5, 0.6) is 0 Å². The van der Waals surface area contributed by atoms with E-state index in [9.17, 15) is 8.42 Å². The summed E-state index contributed by atoms with van der Waals surface area (Å²) in [5.41, 5.74) is 5.22. The molecule has 0 spiro atoms. The van der Waals surface area contributed by atoms with Gasteiger partial charge < -0.3 is 10.5 Å². The van der Waals surface area contributed by atoms with Gasteiger partial charge in [0.15, 0.2) is 0 Å². The molecule has 0 saturated heterocycles. The van der Waals surface area contributed by atoms with Crippen molar-refractivity contribution in [2.24, 2.45) is 10.9 Å². The summed E-state index contributed by atoms with van der Waals surface area (Å²) in [7, 11) is -2.24. The SMILES string of the molecule is CO[C@H](N)[C@@H](C)S(N)(=O)=O. The average Bonchev–Trinajstić information content (AvgIpc) is 1.83. The van der Waals surface area contributed by atoms with Gasteiger partial charge in [-0.25, -0.2) is 13.6 Å². The van der Waals surface area contributed by atoms with Crippen LogP contribution in [-0.2, 0) is 14.8 Å². The summed E-state index contributed by atoms with van der Waals surface area (Å²) in [4.78, 5) is 0. The van der Waals surface area contributed by atoms with E-state index in [1.165, 1.54) is 14.0 Å². The number of methoxy groups -OCH3 is 1. The van der Waals surface area contributed by atoms with Crippen LogP contribution in [0.1, 0.15) is 6.92 Å². The fourth-order valence-electron chi connectivity index (χ4n) is 0.379. The summed E-state index contributed by atoms with van der Waals surface area (Å²) in [6.45, 7) is 1.39. The molecule has 0 aliphatic carbocycles. The van der Waals surface area contributed by atoms with E-state index in [0.29, 0.717) is 0 Å². The highest BCUT2D eigenvalue weighted by Crippen LogP contribution is 1.98. The molecule has 0 aliphatic heterocycles. The number of sulfonamides is 1. The van der Waals surface area contributed by atoms with Gasteiger partial charge in [0.25, 0.3) is 0 Å². The molecule has 0 bridgehead atoms. The molecule has 0 unspecified atom stereocenters. The molecule has 0 aromatic carbocycles. The highest BCUT2D eigenvalue weighted by Gasteiger charge is 2.22. The summed E-state index contributed by atoms with van der Waals surface area (Å²) >= 11 is 0. The highest BCUT2D eigenvalue weighted by atomic mass is 32.2. The second kappa shape index (κ2) is 3.29. The molecule has 0 amide bonds. The van der Waals surface area contributed by atoms with Crippen LogP contribution in [0.15, 0.2) is 0 Å². The van der Waals surface area contributed by atoms with Gasteiger partial charge in [0.1, 0.15) is 11.5 Å². The van der Waals surface area contributed by atoms with Crippen molar-refractivity contribution < 1.29 is 13.2 Å². The third-order valence-electron chi connectivity index (χ3n) is 1.25. The first-order valence-electron chi connectivity index (χ1n) is 2.69. The minimum atomic E-state index is -3.56. The molecule has 2 atom stereocenters. The number of primary sulfonamides is 1. The highest BCUT2D eigenvalue weighted by molar-refractivity contribution is 7.89. The lowest BCUT2D eigenvalue weighted by atomic mass is 10.4. The third kappa shape index (κ3) is 2.61. The van der Waals surface area contributed by atoms with Crippen LogP contribution in [0.2, 0.25) is 0 Å². The standard InChI is InChI=1S/C4H12N2O3S/c1-3(4(5)9-2)10(6,7)8/h3-4H,5H2,1-2H3,(H2,6,7,8)/t3-,4+/m1/s1. The van der Waals surface area contributed by atoms with E-state index in [2.05, 4.69) is 4.74 Å². The Bertz CT molecular complexity index is 189. The molecule has 0 aromatic rings. The van der Waals surface area contributed by atoms with Crippen LogP contribution in [0.4, 0.5) is 0 Å². The number of hydrogen-bond acceptors (Lipinski definition) is 4. The molecule has 6 heteroatoms. The van der Waals surface area contributed by atoms with E-state index in [0.717, 1.165) is 0 Å². The maximum Gasteiger partial charge on any atom is 0.215 e. The van der Waals surface area contributed by atoms with Gasteiger partial charge in [-0.3, -0.25) is 0 Å². The summed E-state index contributed by atoms with van der Waals surface area (Å²) in [5, 5.41) is 3.90. The minimum Gasteiger partial charge on any atom is -0.365 e. The molecule has 5 nitrogen and oxygen atoms in total. The number of hydrogen-bond donors (Lipinski definition) is 2. The number of nitrogens with two attached hydrogens (primary N) is 2. The second-order valence-corrected chi connectivity index (χ2v) is 3.92. The number of rotatable bonds is 3. The fraction of sp³-hybridized carbons (Fsp3) is 1.00. The molecular weight excluding hydrogens is 156 g/mol. The second-order valence-electron chi connectivity index (χ2n) is 1.99. The van der Waals surface area contributed by atoms with Crippen molar-refractivity contribution >= 4 is 10.0 Å². The van der Waals surface area contributed by atoms with Gasteiger partial charge in [-0.05, 0) is 6.92 Å². The normalized spacial score (nSPS) is 18.4. The van der Waals surface area contributed by atoms with Crippen LogP contribution >= 0.6 is 0 Å². The topological polar surface area (TPSA) is 95.4 Å². The Balaban J connectivity index is 4.23. The van der Waals surface area contributed by atoms with Crippen LogP contribution in [0.25, 0.3) is 0 Å². The van der Waals surface area contributed by atoms with E-state index in [1.54, 1.807) is 0 Å². The minimum absolute atomic E-state index is 0.852. The van der Waals surface area contributed by atoms with Crippen molar-refractivity contribution in [3.05, 3.63) is 0 Å². The van der Waals surface area contributed by atoms with Gasteiger partial charge in [-0.2, -0.15) is 0 Å². The Morgan fingerprint density at radius 1 is 1.50 bits per heavy atom. The first kappa shape index (κ1) is 9.83. The van der Waals surface area contributed by atoms with Gasteiger partial charge in [-0.15, -0.1) is 0 Å². The summed E-state index contributed by atoms with van der Waals surface area (Å²) in [5.74, 6) is 0. The zero-order valence-corrected chi connectivity index (χ0v) is 6.76. The predicted molar refractivity (Wildman–Crippen MR) is 37.6 cm³/mol. The van der Waals surface area contributed by atoms with E-state index in [1.807, 2.05) is 0 Å². The molecule has 4 N–H and O–H groups in total. The Morgan fingerprint density at radius 2 is 1.90 bits per heavy atom. The maximum absolute atomic E-state index is 10.5. The van der Waals surface area contributed by atoms with E-state index >= 15 is 0 Å². The Morgan fingerprint density at radius 3 is 2.00 bits per heavy atom. The summed E-state index contributed by atoms with van der Waals surface area (Å²) in [6.07, 6.45) is -0.852. The van der Waals surface area contributed by atoms with Gasteiger partial charge in [0.2, 0.25) is 10.0 Å². The van der Waals surface area contributed by atoms with Gasteiger partial charge in [0.05, 0.1) is 0 Å². The van der Waals surface area contributed by atoms with E-state index in [-0.39, 0.29) is 0 Å². The summed E-state index contributed by atoms with van der Waals surface area (Å²) < 4.78 is 25.7. The van der Waals surface area contributed by atoms with Crippen molar-refractivity contribution in [1.29, 1.82) is 0 Å². The van der Waals surface area contributed by atoms with Gasteiger partial charge in [-0.1, -0.05) is 0 Å². The quantitative estimate of drug-likeness (QED) is 0.506. The van der Waals surface area contributed by atoms with Crippen molar-refractivity contribution in [2.75, 3.05) is 7.11 Å². The lowest BCUT2D eigenvalue weighted by Crippen LogP contribution is -2.42. The van der Waals surface area contributed by atoms with E-state index < -0.39 is 21.5 Å². The zero-order chi connectivity index (χ0) is 8.36. The lowest BCUT2D eigenvalue weighted by Gasteiger charge is -2.15.